The first kappa shape index (κ1) is 15.0. The largest absolute Gasteiger partial charge is 0.314 e. The fourth-order valence-corrected chi connectivity index (χ4v) is 2.98. The summed E-state index contributed by atoms with van der Waals surface area (Å²) in [6, 6.07) is 0.581. The molecule has 0 bridgehead atoms. The summed E-state index contributed by atoms with van der Waals surface area (Å²) < 4.78 is 0. The first-order chi connectivity index (χ1) is 7.77. The Morgan fingerprint density at radius 3 is 2.53 bits per heavy atom. The molecule has 0 radical (unpaired) electrons. The van der Waals surface area contributed by atoms with Crippen LogP contribution in [0, 0.1) is 10.8 Å². The van der Waals surface area contributed by atoms with Crippen molar-refractivity contribution in [1.29, 1.82) is 0 Å². The molecule has 2 heteroatoms. The van der Waals surface area contributed by atoms with Crippen LogP contribution in [0.25, 0.3) is 0 Å². The minimum absolute atomic E-state index is 0.351. The summed E-state index contributed by atoms with van der Waals surface area (Å²) in [6.45, 7) is 18.9. The number of piperidine rings is 1. The lowest BCUT2D eigenvalue weighted by Crippen LogP contribution is -2.50. The Hall–Kier alpha value is -0.0800. The predicted octanol–water partition coefficient (Wildman–Crippen LogP) is 3.13. The topological polar surface area (TPSA) is 15.3 Å². The third kappa shape index (κ3) is 4.59. The number of nitrogens with zero attached hydrogens (tertiary/aromatic N) is 1. The van der Waals surface area contributed by atoms with Crippen LogP contribution in [0.1, 0.15) is 54.4 Å². The van der Waals surface area contributed by atoms with E-state index in [1.54, 1.807) is 0 Å². The number of rotatable bonds is 5. The van der Waals surface area contributed by atoms with Crippen LogP contribution in [0.5, 0.6) is 0 Å². The fourth-order valence-electron chi connectivity index (χ4n) is 2.98. The monoisotopic (exact) mass is 240 g/mol. The van der Waals surface area contributed by atoms with Gasteiger partial charge in [-0.3, -0.25) is 0 Å². The second-order valence-electron chi connectivity index (χ2n) is 7.25. The summed E-state index contributed by atoms with van der Waals surface area (Å²) in [6.07, 6.45) is 2.74. The summed E-state index contributed by atoms with van der Waals surface area (Å²) in [4.78, 5) is 2.66. The van der Waals surface area contributed by atoms with Gasteiger partial charge in [0.15, 0.2) is 0 Å². The Morgan fingerprint density at radius 2 is 2.00 bits per heavy atom. The molecule has 1 unspecified atom stereocenters. The normalized spacial score (nSPS) is 23.6. The molecule has 0 aromatic heterocycles. The second kappa shape index (κ2) is 5.71. The van der Waals surface area contributed by atoms with Gasteiger partial charge < -0.3 is 10.2 Å². The summed E-state index contributed by atoms with van der Waals surface area (Å²) >= 11 is 0. The van der Waals surface area contributed by atoms with Gasteiger partial charge in [0.2, 0.25) is 0 Å². The zero-order valence-electron chi connectivity index (χ0n) is 12.8. The van der Waals surface area contributed by atoms with Gasteiger partial charge in [-0.15, -0.1) is 0 Å². The van der Waals surface area contributed by atoms with E-state index in [0.29, 0.717) is 16.9 Å². The van der Waals surface area contributed by atoms with Crippen LogP contribution in [-0.4, -0.2) is 37.1 Å². The van der Waals surface area contributed by atoms with Crippen molar-refractivity contribution < 1.29 is 0 Å². The van der Waals surface area contributed by atoms with Gasteiger partial charge in [0, 0.05) is 19.1 Å². The molecule has 1 fully saturated rings. The van der Waals surface area contributed by atoms with Gasteiger partial charge in [0.25, 0.3) is 0 Å². The third-order valence-corrected chi connectivity index (χ3v) is 4.29. The molecular formula is C15H32N2. The lowest BCUT2D eigenvalue weighted by molar-refractivity contribution is 0.0684. The van der Waals surface area contributed by atoms with Gasteiger partial charge in [0.1, 0.15) is 0 Å². The van der Waals surface area contributed by atoms with E-state index in [1.165, 1.54) is 32.5 Å². The van der Waals surface area contributed by atoms with E-state index >= 15 is 0 Å². The Bertz CT molecular complexity index is 233. The van der Waals surface area contributed by atoms with Crippen LogP contribution < -0.4 is 5.32 Å². The lowest BCUT2D eigenvalue weighted by Gasteiger charge is -2.43. The van der Waals surface area contributed by atoms with Crippen LogP contribution in [0.15, 0.2) is 0 Å². The van der Waals surface area contributed by atoms with Crippen LogP contribution in [0.3, 0.4) is 0 Å². The Balaban J connectivity index is 2.52. The molecule has 1 aliphatic rings. The smallest absolute Gasteiger partial charge is 0.0102 e. The van der Waals surface area contributed by atoms with Gasteiger partial charge in [-0.05, 0) is 43.7 Å². The highest BCUT2D eigenvalue weighted by molar-refractivity contribution is 4.87. The van der Waals surface area contributed by atoms with Crippen LogP contribution in [-0.2, 0) is 0 Å². The van der Waals surface area contributed by atoms with Gasteiger partial charge in [-0.25, -0.2) is 0 Å². The van der Waals surface area contributed by atoms with E-state index in [9.17, 15) is 0 Å². The molecule has 1 saturated heterocycles. The van der Waals surface area contributed by atoms with Crippen LogP contribution >= 0.6 is 0 Å². The van der Waals surface area contributed by atoms with E-state index in [2.05, 4.69) is 51.8 Å². The molecule has 1 rings (SSSR count). The molecule has 1 aliphatic heterocycles. The van der Waals surface area contributed by atoms with Crippen molar-refractivity contribution in [3.8, 4) is 0 Å². The van der Waals surface area contributed by atoms with Crippen molar-refractivity contribution >= 4 is 0 Å². The standard InChI is InChI=1S/C15H32N2/c1-7-16-13(2)15(5,6)12-17-10-8-9-14(3,4)11-17/h13,16H,7-12H2,1-6H3. The lowest BCUT2D eigenvalue weighted by atomic mass is 9.80. The van der Waals surface area contributed by atoms with Gasteiger partial charge >= 0.3 is 0 Å². The molecule has 0 saturated carbocycles. The second-order valence-corrected chi connectivity index (χ2v) is 7.25. The highest BCUT2D eigenvalue weighted by Crippen LogP contribution is 2.31. The molecule has 1 heterocycles. The van der Waals surface area contributed by atoms with E-state index in [0.717, 1.165) is 6.54 Å². The zero-order valence-corrected chi connectivity index (χ0v) is 12.8. The molecule has 0 spiro atoms. The fraction of sp³-hybridized carbons (Fsp3) is 1.00. The Labute approximate surface area is 108 Å². The summed E-state index contributed by atoms with van der Waals surface area (Å²) in [7, 11) is 0. The van der Waals surface area contributed by atoms with E-state index in [-0.39, 0.29) is 0 Å². The van der Waals surface area contributed by atoms with E-state index in [1.807, 2.05) is 0 Å². The quantitative estimate of drug-likeness (QED) is 0.794. The molecule has 17 heavy (non-hydrogen) atoms. The third-order valence-electron chi connectivity index (χ3n) is 4.29. The van der Waals surface area contributed by atoms with Crippen LogP contribution in [0.4, 0.5) is 0 Å². The van der Waals surface area contributed by atoms with Crippen molar-refractivity contribution in [3.63, 3.8) is 0 Å². The molecule has 0 aromatic carbocycles. The van der Waals surface area contributed by atoms with E-state index in [4.69, 9.17) is 0 Å². The highest BCUT2D eigenvalue weighted by Gasteiger charge is 2.32. The average molecular weight is 240 g/mol. The van der Waals surface area contributed by atoms with Crippen molar-refractivity contribution in [2.45, 2.75) is 60.4 Å². The highest BCUT2D eigenvalue weighted by atomic mass is 15.1. The number of nitrogens with one attached hydrogen (secondary N) is 1. The zero-order chi connectivity index (χ0) is 13.1. The molecule has 1 N–H and O–H groups in total. The average Bonchev–Trinajstić information content (AvgIpc) is 2.15. The number of hydrogen-bond donors (Lipinski definition) is 1. The van der Waals surface area contributed by atoms with Crippen molar-refractivity contribution in [3.05, 3.63) is 0 Å². The van der Waals surface area contributed by atoms with Crippen molar-refractivity contribution in [2.75, 3.05) is 26.2 Å². The first-order valence-electron chi connectivity index (χ1n) is 7.22. The Kier molecular flexibility index (Phi) is 5.03. The maximum atomic E-state index is 3.57. The first-order valence-corrected chi connectivity index (χ1v) is 7.22. The van der Waals surface area contributed by atoms with Crippen molar-refractivity contribution in [2.24, 2.45) is 10.8 Å². The van der Waals surface area contributed by atoms with Gasteiger partial charge in [-0.1, -0.05) is 34.6 Å². The van der Waals surface area contributed by atoms with Gasteiger partial charge in [0.05, 0.1) is 0 Å². The predicted molar refractivity (Wildman–Crippen MR) is 76.4 cm³/mol. The molecule has 0 aliphatic carbocycles. The van der Waals surface area contributed by atoms with Crippen LogP contribution in [0.2, 0.25) is 0 Å². The summed E-state index contributed by atoms with van der Waals surface area (Å²) in [5.41, 5.74) is 0.860. The minimum atomic E-state index is 0.351. The molecule has 1 atom stereocenters. The minimum Gasteiger partial charge on any atom is -0.314 e. The number of hydrogen-bond acceptors (Lipinski definition) is 2. The molecule has 2 nitrogen and oxygen atoms in total. The SMILES string of the molecule is CCNC(C)C(C)(C)CN1CCCC(C)(C)C1. The Morgan fingerprint density at radius 1 is 1.35 bits per heavy atom. The molecule has 0 amide bonds. The number of likely N-dealkylation sites (tertiary alicyclic amines) is 1. The van der Waals surface area contributed by atoms with Gasteiger partial charge in [-0.2, -0.15) is 0 Å². The van der Waals surface area contributed by atoms with Crippen molar-refractivity contribution in [1.82, 2.24) is 10.2 Å². The molecule has 102 valence electrons. The maximum absolute atomic E-state index is 3.57. The molecule has 0 aromatic rings. The maximum Gasteiger partial charge on any atom is 0.0102 e. The summed E-state index contributed by atoms with van der Waals surface area (Å²) in [5.74, 6) is 0. The molecular weight excluding hydrogens is 208 g/mol. The van der Waals surface area contributed by atoms with E-state index < -0.39 is 0 Å². The summed E-state index contributed by atoms with van der Waals surface area (Å²) in [5, 5.41) is 3.57.